The molecule has 0 unspecified atom stereocenters. The molecule has 1 amide bonds. The summed E-state index contributed by atoms with van der Waals surface area (Å²) in [4.78, 5) is 20.9. The Morgan fingerprint density at radius 2 is 1.81 bits per heavy atom. The zero-order valence-corrected chi connectivity index (χ0v) is 17.2. The van der Waals surface area contributed by atoms with Gasteiger partial charge in [-0.2, -0.15) is 0 Å². The van der Waals surface area contributed by atoms with Crippen molar-refractivity contribution in [2.45, 2.75) is 27.2 Å². The molecule has 142 valence electrons. The monoisotopic (exact) mass is 395 g/mol. The highest BCUT2D eigenvalue weighted by atomic mass is 35.5. The summed E-state index contributed by atoms with van der Waals surface area (Å²) in [6.07, 6.45) is 6.54. The summed E-state index contributed by atoms with van der Waals surface area (Å²) in [6, 6.07) is 4.95. The Morgan fingerprint density at radius 3 is 2.38 bits per heavy atom. The first-order valence-electron chi connectivity index (χ1n) is 8.91. The predicted octanol–water partition coefficient (Wildman–Crippen LogP) is 5.29. The molecule has 0 aromatic heterocycles. The maximum atomic E-state index is 12.7. The molecule has 0 N–H and O–H groups in total. The molecule has 1 fully saturated rings. The van der Waals surface area contributed by atoms with Crippen molar-refractivity contribution in [1.82, 2.24) is 9.80 Å². The summed E-state index contributed by atoms with van der Waals surface area (Å²) in [6.45, 7) is 12.4. The molecule has 1 heterocycles. The van der Waals surface area contributed by atoms with Gasteiger partial charge < -0.3 is 9.80 Å². The van der Waals surface area contributed by atoms with Gasteiger partial charge in [0, 0.05) is 37.4 Å². The van der Waals surface area contributed by atoms with Crippen LogP contribution in [0.15, 0.2) is 48.1 Å². The van der Waals surface area contributed by atoms with Crippen LogP contribution in [0.3, 0.4) is 0 Å². The number of rotatable bonds is 4. The molecule has 0 radical (unpaired) electrons. The lowest BCUT2D eigenvalue weighted by atomic mass is 10.1. The van der Waals surface area contributed by atoms with Crippen molar-refractivity contribution in [1.29, 1.82) is 0 Å². The highest BCUT2D eigenvalue weighted by molar-refractivity contribution is 6.35. The predicted molar refractivity (Wildman–Crippen MR) is 112 cm³/mol. The fourth-order valence-corrected chi connectivity index (χ4v) is 2.89. The number of nitrogens with zero attached hydrogens (tertiary/aromatic N) is 3. The van der Waals surface area contributed by atoms with Gasteiger partial charge in [-0.1, -0.05) is 56.6 Å². The average molecular weight is 396 g/mol. The first-order chi connectivity index (χ1) is 12.6. The zero-order valence-electron chi connectivity index (χ0n) is 15.7. The molecule has 0 bridgehead atoms. The van der Waals surface area contributed by atoms with E-state index in [1.807, 2.05) is 19.9 Å². The Bertz CT molecular complexity index is 663. The van der Waals surface area contributed by atoms with Gasteiger partial charge in [-0.15, -0.1) is 0 Å². The van der Waals surface area contributed by atoms with Crippen molar-refractivity contribution in [2.75, 3.05) is 26.2 Å². The van der Waals surface area contributed by atoms with Gasteiger partial charge in [0.25, 0.3) is 5.91 Å². The Labute approximate surface area is 166 Å². The molecular weight excluding hydrogens is 369 g/mol. The number of aliphatic imine (C=N–C) groups is 1. The van der Waals surface area contributed by atoms with Crippen LogP contribution < -0.4 is 0 Å². The minimum absolute atomic E-state index is 0.0894. The van der Waals surface area contributed by atoms with E-state index in [0.29, 0.717) is 41.8 Å². The fourth-order valence-electron chi connectivity index (χ4n) is 2.52. The lowest BCUT2D eigenvalue weighted by molar-refractivity contribution is 0.0692. The van der Waals surface area contributed by atoms with Crippen LogP contribution in [0.25, 0.3) is 0 Å². The summed E-state index contributed by atoms with van der Waals surface area (Å²) in [5.41, 5.74) is 0.448. The molecular formula is C20H27Cl2N3O. The average Bonchev–Trinajstić information content (AvgIpc) is 2.68. The van der Waals surface area contributed by atoms with Gasteiger partial charge in [0.2, 0.25) is 0 Å². The van der Waals surface area contributed by atoms with Crippen molar-refractivity contribution >= 4 is 34.9 Å². The summed E-state index contributed by atoms with van der Waals surface area (Å²) in [5.74, 6) is 0.785. The third-order valence-corrected chi connectivity index (χ3v) is 4.34. The van der Waals surface area contributed by atoms with Crippen LogP contribution in [0.2, 0.25) is 10.0 Å². The second-order valence-corrected chi connectivity index (χ2v) is 6.23. The molecule has 0 spiro atoms. The van der Waals surface area contributed by atoms with Crippen LogP contribution >= 0.6 is 23.2 Å². The minimum atomic E-state index is -0.0894. The third-order valence-electron chi connectivity index (χ3n) is 3.78. The molecule has 4 nitrogen and oxygen atoms in total. The van der Waals surface area contributed by atoms with E-state index in [0.717, 1.165) is 12.3 Å². The standard InChI is InChI=1S/C18H21Cl2N3O.C2H6/c1-3-5-6-17(21-4-2)22-9-11-23(12-10-22)18(24)15-13-14(19)7-8-16(15)20;1-2/h4-8,13H,2-3,9-12H2,1H3;1-2H3/b6-5-,21-17?;. The normalized spacial score (nSPS) is 14.9. The number of piperazine rings is 1. The van der Waals surface area contributed by atoms with Crippen LogP contribution in [0.4, 0.5) is 0 Å². The van der Waals surface area contributed by atoms with E-state index in [1.54, 1.807) is 29.3 Å². The molecule has 1 aliphatic heterocycles. The van der Waals surface area contributed by atoms with Crippen LogP contribution in [0.1, 0.15) is 37.6 Å². The number of amidine groups is 1. The van der Waals surface area contributed by atoms with E-state index in [9.17, 15) is 4.79 Å². The van der Waals surface area contributed by atoms with Gasteiger partial charge in [-0.3, -0.25) is 4.79 Å². The SMILES string of the molecule is C=CN=C(/C=C\CC)N1CCN(C(=O)c2cc(Cl)ccc2Cl)CC1.CC. The first kappa shape index (κ1) is 22.3. The highest BCUT2D eigenvalue weighted by Gasteiger charge is 2.24. The Kier molecular flexibility index (Phi) is 10.1. The first-order valence-corrected chi connectivity index (χ1v) is 9.67. The number of carbonyl (C=O) groups excluding carboxylic acids is 1. The van der Waals surface area contributed by atoms with Gasteiger partial charge >= 0.3 is 0 Å². The molecule has 0 aliphatic carbocycles. The van der Waals surface area contributed by atoms with Gasteiger partial charge in [0.1, 0.15) is 5.84 Å². The lowest BCUT2D eigenvalue weighted by Gasteiger charge is -2.36. The molecule has 0 atom stereocenters. The summed E-state index contributed by atoms with van der Waals surface area (Å²) < 4.78 is 0. The number of hydrogen-bond acceptors (Lipinski definition) is 2. The lowest BCUT2D eigenvalue weighted by Crippen LogP contribution is -2.50. The summed E-state index contributed by atoms with van der Waals surface area (Å²) >= 11 is 12.1. The quantitative estimate of drug-likeness (QED) is 0.512. The summed E-state index contributed by atoms with van der Waals surface area (Å²) in [7, 11) is 0. The Morgan fingerprint density at radius 1 is 1.19 bits per heavy atom. The van der Waals surface area contributed by atoms with E-state index in [-0.39, 0.29) is 5.91 Å². The molecule has 1 saturated heterocycles. The number of benzene rings is 1. The van der Waals surface area contributed by atoms with E-state index in [2.05, 4.69) is 29.5 Å². The molecule has 0 saturated carbocycles. The molecule has 26 heavy (non-hydrogen) atoms. The van der Waals surface area contributed by atoms with Gasteiger partial charge in [0.15, 0.2) is 0 Å². The maximum absolute atomic E-state index is 12.7. The van der Waals surface area contributed by atoms with E-state index >= 15 is 0 Å². The minimum Gasteiger partial charge on any atom is -0.353 e. The third kappa shape index (κ3) is 6.19. The van der Waals surface area contributed by atoms with Crippen LogP contribution in [0, 0.1) is 0 Å². The van der Waals surface area contributed by atoms with E-state index in [4.69, 9.17) is 23.2 Å². The van der Waals surface area contributed by atoms with Gasteiger partial charge in [-0.25, -0.2) is 4.99 Å². The topological polar surface area (TPSA) is 35.9 Å². The van der Waals surface area contributed by atoms with Gasteiger partial charge in [-0.05, 0) is 30.7 Å². The van der Waals surface area contributed by atoms with Crippen LogP contribution in [-0.2, 0) is 0 Å². The molecule has 1 aromatic rings. The number of halogens is 2. The smallest absolute Gasteiger partial charge is 0.255 e. The maximum Gasteiger partial charge on any atom is 0.255 e. The fraction of sp³-hybridized carbons (Fsp3) is 0.400. The summed E-state index contributed by atoms with van der Waals surface area (Å²) in [5, 5.41) is 0.929. The zero-order chi connectivity index (χ0) is 19.5. The second-order valence-electron chi connectivity index (χ2n) is 5.38. The van der Waals surface area contributed by atoms with Crippen molar-refractivity contribution < 1.29 is 4.79 Å². The molecule has 1 aromatic carbocycles. The number of carbonyl (C=O) groups is 1. The number of hydrogen-bond donors (Lipinski definition) is 0. The van der Waals surface area contributed by atoms with Crippen molar-refractivity contribution in [3.63, 3.8) is 0 Å². The van der Waals surface area contributed by atoms with Gasteiger partial charge in [0.05, 0.1) is 10.6 Å². The van der Waals surface area contributed by atoms with E-state index < -0.39 is 0 Å². The molecule has 2 rings (SSSR count). The second kappa shape index (κ2) is 11.8. The number of amides is 1. The van der Waals surface area contributed by atoms with Crippen molar-refractivity contribution in [3.05, 3.63) is 58.7 Å². The van der Waals surface area contributed by atoms with Crippen LogP contribution in [-0.4, -0.2) is 47.7 Å². The molecule has 6 heteroatoms. The molecule has 1 aliphatic rings. The largest absolute Gasteiger partial charge is 0.353 e. The Hall–Kier alpha value is -1.78. The number of allylic oxidation sites excluding steroid dienone is 1. The van der Waals surface area contributed by atoms with Crippen molar-refractivity contribution in [3.8, 4) is 0 Å². The highest BCUT2D eigenvalue weighted by Crippen LogP contribution is 2.22. The van der Waals surface area contributed by atoms with Crippen molar-refractivity contribution in [2.24, 2.45) is 4.99 Å². The van der Waals surface area contributed by atoms with Crippen LogP contribution in [0.5, 0.6) is 0 Å². The van der Waals surface area contributed by atoms with E-state index in [1.165, 1.54) is 0 Å². The Balaban J connectivity index is 0.00000163.